The molecule has 0 saturated carbocycles. The Hall–Kier alpha value is -0.893. The molecule has 90 valence electrons. The number of aliphatic hydroxyl groups excluding tert-OH is 1. The third kappa shape index (κ3) is 3.93. The highest BCUT2D eigenvalue weighted by Gasteiger charge is 2.10. The summed E-state index contributed by atoms with van der Waals surface area (Å²) in [4.78, 5) is 0. The molecule has 1 aromatic carbocycles. The van der Waals surface area contributed by atoms with E-state index in [0.29, 0.717) is 18.0 Å². The molecule has 16 heavy (non-hydrogen) atoms. The Kier molecular flexibility index (Phi) is 4.94. The minimum Gasteiger partial charge on any atom is -0.379 e. The van der Waals surface area contributed by atoms with E-state index in [4.69, 9.17) is 10.2 Å². The standard InChI is InChI=1S/C9H11F3O3Si/c10-6-3-5(4-7(11)8(6)12)1-2-16-15-9(13)14/h3-4,9,13-14H,1-2,16H2. The zero-order valence-corrected chi connectivity index (χ0v) is 9.70. The van der Waals surface area contributed by atoms with Gasteiger partial charge in [0.1, 0.15) is 0 Å². The number of benzene rings is 1. The maximum Gasteiger partial charge on any atom is 0.256 e. The predicted molar refractivity (Wildman–Crippen MR) is 52.7 cm³/mol. The van der Waals surface area contributed by atoms with Crippen molar-refractivity contribution < 1.29 is 27.8 Å². The van der Waals surface area contributed by atoms with Crippen LogP contribution in [0.15, 0.2) is 12.1 Å². The summed E-state index contributed by atoms with van der Waals surface area (Å²) in [5.74, 6) is -3.93. The van der Waals surface area contributed by atoms with E-state index in [9.17, 15) is 13.2 Å². The second kappa shape index (κ2) is 5.99. The Morgan fingerprint density at radius 3 is 2.25 bits per heavy atom. The highest BCUT2D eigenvalue weighted by atomic mass is 28.2. The van der Waals surface area contributed by atoms with Gasteiger partial charge in [-0.3, -0.25) is 0 Å². The fourth-order valence-corrected chi connectivity index (χ4v) is 2.15. The minimum atomic E-state index is -1.80. The normalized spacial score (nSPS) is 11.9. The molecule has 0 fully saturated rings. The SMILES string of the molecule is OC(O)O[SiH2]CCc1cc(F)c(F)c(F)c1. The molecule has 0 saturated heterocycles. The largest absolute Gasteiger partial charge is 0.379 e. The molecule has 0 aliphatic heterocycles. The van der Waals surface area contributed by atoms with E-state index in [1.807, 2.05) is 0 Å². The Morgan fingerprint density at radius 1 is 1.19 bits per heavy atom. The van der Waals surface area contributed by atoms with E-state index < -0.39 is 33.7 Å². The fourth-order valence-electron chi connectivity index (χ4n) is 1.22. The van der Waals surface area contributed by atoms with E-state index in [0.717, 1.165) is 12.1 Å². The lowest BCUT2D eigenvalue weighted by atomic mass is 10.1. The Morgan fingerprint density at radius 2 is 1.75 bits per heavy atom. The van der Waals surface area contributed by atoms with Gasteiger partial charge in [-0.25, -0.2) is 13.2 Å². The third-order valence-corrected chi connectivity index (χ3v) is 3.10. The quantitative estimate of drug-likeness (QED) is 0.346. The summed E-state index contributed by atoms with van der Waals surface area (Å²) < 4.78 is 42.6. The van der Waals surface area contributed by atoms with Crippen LogP contribution in [0, 0.1) is 17.5 Å². The van der Waals surface area contributed by atoms with Crippen LogP contribution in [0.5, 0.6) is 0 Å². The monoisotopic (exact) mass is 252 g/mol. The molecule has 0 aliphatic rings. The molecule has 0 aliphatic carbocycles. The number of rotatable bonds is 5. The molecular weight excluding hydrogens is 241 g/mol. The maximum atomic E-state index is 12.8. The predicted octanol–water partition coefficient (Wildman–Crippen LogP) is 0.433. The maximum absolute atomic E-state index is 12.8. The molecule has 0 bridgehead atoms. The van der Waals surface area contributed by atoms with Crippen molar-refractivity contribution in [3.63, 3.8) is 0 Å². The molecule has 0 unspecified atom stereocenters. The van der Waals surface area contributed by atoms with E-state index in [1.165, 1.54) is 0 Å². The fraction of sp³-hybridized carbons (Fsp3) is 0.333. The number of aliphatic hydroxyl groups is 2. The lowest BCUT2D eigenvalue weighted by Gasteiger charge is -2.05. The second-order valence-electron chi connectivity index (χ2n) is 3.17. The summed E-state index contributed by atoms with van der Waals surface area (Å²) in [5, 5.41) is 16.7. The molecule has 0 atom stereocenters. The Bertz CT molecular complexity index is 337. The lowest BCUT2D eigenvalue weighted by Crippen LogP contribution is -2.13. The van der Waals surface area contributed by atoms with Crippen LogP contribution in [0.2, 0.25) is 6.04 Å². The first-order valence-electron chi connectivity index (χ1n) is 4.62. The molecule has 1 rings (SSSR count). The summed E-state index contributed by atoms with van der Waals surface area (Å²) in [5.41, 5.74) is 0.319. The molecule has 3 nitrogen and oxygen atoms in total. The first-order chi connectivity index (χ1) is 7.50. The highest BCUT2D eigenvalue weighted by Crippen LogP contribution is 2.14. The van der Waals surface area contributed by atoms with Crippen LogP contribution in [0.1, 0.15) is 5.56 Å². The van der Waals surface area contributed by atoms with Gasteiger partial charge < -0.3 is 14.6 Å². The van der Waals surface area contributed by atoms with Crippen molar-refractivity contribution in [1.29, 1.82) is 0 Å². The summed E-state index contributed by atoms with van der Waals surface area (Å²) in [7, 11) is -1.15. The average molecular weight is 252 g/mol. The van der Waals surface area contributed by atoms with Gasteiger partial charge in [-0.2, -0.15) is 0 Å². The van der Waals surface area contributed by atoms with E-state index in [1.54, 1.807) is 0 Å². The van der Waals surface area contributed by atoms with Crippen molar-refractivity contribution in [3.05, 3.63) is 35.1 Å². The van der Waals surface area contributed by atoms with Crippen LogP contribution in [-0.2, 0) is 10.8 Å². The van der Waals surface area contributed by atoms with E-state index >= 15 is 0 Å². The summed E-state index contributed by atoms with van der Waals surface area (Å²) in [6.45, 7) is -1.80. The first kappa shape index (κ1) is 13.2. The van der Waals surface area contributed by atoms with E-state index in [-0.39, 0.29) is 0 Å². The number of hydrogen-bond acceptors (Lipinski definition) is 3. The van der Waals surface area contributed by atoms with Crippen molar-refractivity contribution in [3.8, 4) is 0 Å². The molecule has 2 N–H and O–H groups in total. The topological polar surface area (TPSA) is 49.7 Å². The van der Waals surface area contributed by atoms with Gasteiger partial charge in [0, 0.05) is 0 Å². The van der Waals surface area contributed by atoms with Crippen LogP contribution >= 0.6 is 0 Å². The van der Waals surface area contributed by atoms with Crippen LogP contribution in [0.25, 0.3) is 0 Å². The van der Waals surface area contributed by atoms with Crippen LogP contribution in [0.4, 0.5) is 13.2 Å². The van der Waals surface area contributed by atoms with Gasteiger partial charge in [0.05, 0.1) is 0 Å². The van der Waals surface area contributed by atoms with Crippen LogP contribution in [-0.4, -0.2) is 26.5 Å². The lowest BCUT2D eigenvalue weighted by molar-refractivity contribution is -0.180. The van der Waals surface area contributed by atoms with Crippen molar-refractivity contribution >= 4 is 9.76 Å². The van der Waals surface area contributed by atoms with Gasteiger partial charge in [-0.05, 0) is 30.2 Å². The summed E-state index contributed by atoms with van der Waals surface area (Å²) in [6, 6.07) is 2.31. The van der Waals surface area contributed by atoms with Gasteiger partial charge in [0.2, 0.25) is 0 Å². The number of halogens is 3. The molecule has 1 aromatic rings. The molecule has 7 heteroatoms. The zero-order chi connectivity index (χ0) is 12.1. The van der Waals surface area contributed by atoms with Gasteiger partial charge in [-0.15, -0.1) is 0 Å². The van der Waals surface area contributed by atoms with Crippen LogP contribution < -0.4 is 0 Å². The van der Waals surface area contributed by atoms with E-state index in [2.05, 4.69) is 4.43 Å². The van der Waals surface area contributed by atoms with Gasteiger partial charge >= 0.3 is 0 Å². The Balaban J connectivity index is 2.49. The number of aryl methyl sites for hydroxylation is 1. The molecule has 0 aromatic heterocycles. The van der Waals surface area contributed by atoms with Gasteiger partial charge in [0.25, 0.3) is 6.48 Å². The zero-order valence-electron chi connectivity index (χ0n) is 8.29. The Labute approximate surface area is 92.4 Å². The molecular formula is C9H11F3O3Si. The first-order valence-corrected chi connectivity index (χ1v) is 6.19. The molecule has 0 radical (unpaired) electrons. The smallest absolute Gasteiger partial charge is 0.256 e. The molecule has 0 heterocycles. The summed E-state index contributed by atoms with van der Waals surface area (Å²) in [6.07, 6.45) is 0.313. The molecule has 0 amide bonds. The van der Waals surface area contributed by atoms with Gasteiger partial charge in [-0.1, -0.05) is 0 Å². The third-order valence-electron chi connectivity index (χ3n) is 1.92. The van der Waals surface area contributed by atoms with Crippen molar-refractivity contribution in [1.82, 2.24) is 0 Å². The average Bonchev–Trinajstić information content (AvgIpc) is 2.20. The van der Waals surface area contributed by atoms with Gasteiger partial charge in [0.15, 0.2) is 27.2 Å². The molecule has 0 spiro atoms. The van der Waals surface area contributed by atoms with Crippen LogP contribution in [0.3, 0.4) is 0 Å². The summed E-state index contributed by atoms with van der Waals surface area (Å²) >= 11 is 0. The van der Waals surface area contributed by atoms with Crippen molar-refractivity contribution in [2.45, 2.75) is 18.9 Å². The minimum absolute atomic E-state index is 0.313. The van der Waals surface area contributed by atoms with Crippen molar-refractivity contribution in [2.24, 2.45) is 0 Å². The highest BCUT2D eigenvalue weighted by molar-refractivity contribution is 6.27. The van der Waals surface area contributed by atoms with Crippen molar-refractivity contribution in [2.75, 3.05) is 0 Å². The number of hydrogen-bond donors (Lipinski definition) is 2. The second-order valence-corrected chi connectivity index (χ2v) is 4.62.